The molecule has 0 aliphatic heterocycles. The zero-order chi connectivity index (χ0) is 11.0. The molecular weight excluding hydrogens is 194 g/mol. The van der Waals surface area contributed by atoms with E-state index in [1.54, 1.807) is 0 Å². The van der Waals surface area contributed by atoms with E-state index in [1.807, 2.05) is 12.1 Å². The van der Waals surface area contributed by atoms with Crippen LogP contribution in [-0.2, 0) is 12.8 Å². The van der Waals surface area contributed by atoms with Gasteiger partial charge < -0.3 is 5.73 Å². The monoisotopic (exact) mass is 209 g/mol. The standard InChI is InChI=1S/C15H15N/c16-13-7-1-6-12(10-13)15-9-3-5-11-4-2-8-14(11)15/h1,3,5-7,9-10H,2,4,8,16H2. The minimum Gasteiger partial charge on any atom is -0.399 e. The summed E-state index contributed by atoms with van der Waals surface area (Å²) in [5.74, 6) is 0. The van der Waals surface area contributed by atoms with E-state index < -0.39 is 0 Å². The highest BCUT2D eigenvalue weighted by molar-refractivity contribution is 5.72. The summed E-state index contributed by atoms with van der Waals surface area (Å²) >= 11 is 0. The van der Waals surface area contributed by atoms with E-state index in [4.69, 9.17) is 5.73 Å². The van der Waals surface area contributed by atoms with Crippen LogP contribution in [0, 0.1) is 0 Å². The molecule has 1 aliphatic carbocycles. The molecule has 3 rings (SSSR count). The molecule has 0 fully saturated rings. The highest BCUT2D eigenvalue weighted by Crippen LogP contribution is 2.32. The molecule has 2 N–H and O–H groups in total. The van der Waals surface area contributed by atoms with E-state index in [-0.39, 0.29) is 0 Å². The summed E-state index contributed by atoms with van der Waals surface area (Å²) in [6.07, 6.45) is 3.72. The van der Waals surface area contributed by atoms with E-state index >= 15 is 0 Å². The van der Waals surface area contributed by atoms with Crippen molar-refractivity contribution in [3.05, 3.63) is 53.6 Å². The summed E-state index contributed by atoms with van der Waals surface area (Å²) in [5.41, 5.74) is 12.3. The zero-order valence-corrected chi connectivity index (χ0v) is 9.24. The first-order valence-electron chi connectivity index (χ1n) is 5.81. The van der Waals surface area contributed by atoms with Crippen molar-refractivity contribution in [2.45, 2.75) is 19.3 Å². The van der Waals surface area contributed by atoms with Crippen LogP contribution >= 0.6 is 0 Å². The van der Waals surface area contributed by atoms with Crippen molar-refractivity contribution in [2.24, 2.45) is 0 Å². The fraction of sp³-hybridized carbons (Fsp3) is 0.200. The second kappa shape index (κ2) is 3.67. The zero-order valence-electron chi connectivity index (χ0n) is 9.24. The van der Waals surface area contributed by atoms with Gasteiger partial charge in [-0.25, -0.2) is 0 Å². The fourth-order valence-corrected chi connectivity index (χ4v) is 2.60. The second-order valence-corrected chi connectivity index (χ2v) is 4.42. The number of hydrogen-bond acceptors (Lipinski definition) is 1. The smallest absolute Gasteiger partial charge is 0.0320 e. The lowest BCUT2D eigenvalue weighted by Gasteiger charge is -2.09. The Morgan fingerprint density at radius 2 is 1.81 bits per heavy atom. The Labute approximate surface area is 95.9 Å². The van der Waals surface area contributed by atoms with Gasteiger partial charge in [0.05, 0.1) is 0 Å². The van der Waals surface area contributed by atoms with Crippen LogP contribution in [0.5, 0.6) is 0 Å². The minimum atomic E-state index is 0.841. The van der Waals surface area contributed by atoms with Crippen molar-refractivity contribution in [3.8, 4) is 11.1 Å². The van der Waals surface area contributed by atoms with Gasteiger partial charge in [0.15, 0.2) is 0 Å². The lowest BCUT2D eigenvalue weighted by molar-refractivity contribution is 0.912. The Bertz CT molecular complexity index is 529. The number of fused-ring (bicyclic) bond motifs is 1. The highest BCUT2D eigenvalue weighted by Gasteiger charge is 2.14. The molecule has 16 heavy (non-hydrogen) atoms. The Morgan fingerprint density at radius 3 is 2.69 bits per heavy atom. The third kappa shape index (κ3) is 1.49. The van der Waals surface area contributed by atoms with Gasteiger partial charge in [-0.3, -0.25) is 0 Å². The van der Waals surface area contributed by atoms with Crippen molar-refractivity contribution in [1.29, 1.82) is 0 Å². The van der Waals surface area contributed by atoms with Gasteiger partial charge in [-0.15, -0.1) is 0 Å². The van der Waals surface area contributed by atoms with Crippen LogP contribution in [0.4, 0.5) is 5.69 Å². The molecule has 0 unspecified atom stereocenters. The summed E-state index contributed by atoms with van der Waals surface area (Å²) in [6.45, 7) is 0. The highest BCUT2D eigenvalue weighted by atomic mass is 14.5. The van der Waals surface area contributed by atoms with Crippen LogP contribution in [0.1, 0.15) is 17.5 Å². The number of aryl methyl sites for hydroxylation is 1. The first-order valence-corrected chi connectivity index (χ1v) is 5.81. The van der Waals surface area contributed by atoms with Gasteiger partial charge in [0.1, 0.15) is 0 Å². The van der Waals surface area contributed by atoms with Crippen LogP contribution in [0.3, 0.4) is 0 Å². The number of rotatable bonds is 1. The Hall–Kier alpha value is -1.76. The molecule has 2 aromatic rings. The second-order valence-electron chi connectivity index (χ2n) is 4.42. The maximum Gasteiger partial charge on any atom is 0.0320 e. The van der Waals surface area contributed by atoms with E-state index in [0.29, 0.717) is 0 Å². The molecule has 80 valence electrons. The number of benzene rings is 2. The molecule has 2 aromatic carbocycles. The molecule has 0 spiro atoms. The van der Waals surface area contributed by atoms with Gasteiger partial charge in [0.25, 0.3) is 0 Å². The SMILES string of the molecule is Nc1cccc(-c2cccc3c2CCC3)c1. The number of anilines is 1. The number of nitrogen functional groups attached to an aromatic ring is 1. The molecule has 1 heteroatoms. The number of hydrogen-bond donors (Lipinski definition) is 1. The summed E-state index contributed by atoms with van der Waals surface area (Å²) in [6, 6.07) is 14.8. The van der Waals surface area contributed by atoms with Crippen LogP contribution in [-0.4, -0.2) is 0 Å². The van der Waals surface area contributed by atoms with Crippen molar-refractivity contribution in [2.75, 3.05) is 5.73 Å². The molecule has 0 bridgehead atoms. The molecule has 0 aromatic heterocycles. The van der Waals surface area contributed by atoms with Crippen LogP contribution in [0.2, 0.25) is 0 Å². The lowest BCUT2D eigenvalue weighted by atomic mass is 9.97. The predicted molar refractivity (Wildman–Crippen MR) is 68.3 cm³/mol. The number of nitrogens with two attached hydrogens (primary N) is 1. The van der Waals surface area contributed by atoms with Gasteiger partial charge in [0.2, 0.25) is 0 Å². The summed E-state index contributed by atoms with van der Waals surface area (Å²) in [5, 5.41) is 0. The van der Waals surface area contributed by atoms with Crippen LogP contribution in [0.25, 0.3) is 11.1 Å². The van der Waals surface area contributed by atoms with E-state index in [2.05, 4.69) is 30.3 Å². The molecule has 0 saturated heterocycles. The largest absolute Gasteiger partial charge is 0.399 e. The predicted octanol–water partition coefficient (Wildman–Crippen LogP) is 3.42. The average Bonchev–Trinajstić information content (AvgIpc) is 2.76. The first kappa shape index (κ1) is 9.46. The van der Waals surface area contributed by atoms with Crippen LogP contribution < -0.4 is 5.73 Å². The Morgan fingerprint density at radius 1 is 0.938 bits per heavy atom. The molecule has 0 saturated carbocycles. The van der Waals surface area contributed by atoms with Crippen molar-refractivity contribution >= 4 is 5.69 Å². The van der Waals surface area contributed by atoms with Gasteiger partial charge in [-0.05, 0) is 53.6 Å². The maximum atomic E-state index is 5.84. The topological polar surface area (TPSA) is 26.0 Å². The maximum absolute atomic E-state index is 5.84. The van der Waals surface area contributed by atoms with E-state index in [1.165, 1.54) is 41.5 Å². The quantitative estimate of drug-likeness (QED) is 0.715. The summed E-state index contributed by atoms with van der Waals surface area (Å²) in [4.78, 5) is 0. The van der Waals surface area contributed by atoms with E-state index in [9.17, 15) is 0 Å². The fourth-order valence-electron chi connectivity index (χ4n) is 2.60. The first-order chi connectivity index (χ1) is 7.84. The molecule has 0 atom stereocenters. The van der Waals surface area contributed by atoms with Crippen LogP contribution in [0.15, 0.2) is 42.5 Å². The third-order valence-electron chi connectivity index (χ3n) is 3.34. The van der Waals surface area contributed by atoms with Crippen molar-refractivity contribution < 1.29 is 0 Å². The normalized spacial score (nSPS) is 13.8. The van der Waals surface area contributed by atoms with Crippen molar-refractivity contribution in [1.82, 2.24) is 0 Å². The molecule has 0 amide bonds. The Kier molecular flexibility index (Phi) is 2.17. The van der Waals surface area contributed by atoms with Gasteiger partial charge in [-0.2, -0.15) is 0 Å². The molecule has 1 aliphatic rings. The lowest BCUT2D eigenvalue weighted by Crippen LogP contribution is -1.90. The third-order valence-corrected chi connectivity index (χ3v) is 3.34. The Balaban J connectivity index is 2.17. The van der Waals surface area contributed by atoms with Gasteiger partial charge in [0, 0.05) is 5.69 Å². The average molecular weight is 209 g/mol. The molecule has 0 heterocycles. The van der Waals surface area contributed by atoms with Gasteiger partial charge >= 0.3 is 0 Å². The van der Waals surface area contributed by atoms with E-state index in [0.717, 1.165) is 5.69 Å². The van der Waals surface area contributed by atoms with Gasteiger partial charge in [-0.1, -0.05) is 30.3 Å². The molecule has 0 radical (unpaired) electrons. The minimum absolute atomic E-state index is 0.841. The summed E-state index contributed by atoms with van der Waals surface area (Å²) in [7, 11) is 0. The summed E-state index contributed by atoms with van der Waals surface area (Å²) < 4.78 is 0. The van der Waals surface area contributed by atoms with Crippen molar-refractivity contribution in [3.63, 3.8) is 0 Å². The molecule has 1 nitrogen and oxygen atoms in total. The molecular formula is C15H15N.